The maximum absolute atomic E-state index is 9.28. The lowest BCUT2D eigenvalue weighted by atomic mass is 10.3. The molecule has 0 fully saturated rings. The Balaban J connectivity index is 2.26. The van der Waals surface area contributed by atoms with Crippen LogP contribution in [0.2, 0.25) is 0 Å². The summed E-state index contributed by atoms with van der Waals surface area (Å²) in [4.78, 5) is 3.89. The van der Waals surface area contributed by atoms with Gasteiger partial charge in [-0.2, -0.15) is 20.4 Å². The zero-order valence-corrected chi connectivity index (χ0v) is 7.08. The molecule has 0 radical (unpaired) electrons. The Morgan fingerprint density at radius 3 is 3.14 bits per heavy atom. The molecule has 74 valence electrons. The minimum absolute atomic E-state index is 0.0282. The highest BCUT2D eigenvalue weighted by Crippen LogP contribution is 2.14. The monoisotopic (exact) mass is 196 g/mol. The first-order valence-corrected chi connectivity index (χ1v) is 3.89. The van der Waals surface area contributed by atoms with E-state index in [9.17, 15) is 5.11 Å². The number of nitrogens with one attached hydrogen (secondary N) is 1. The van der Waals surface area contributed by atoms with Crippen molar-refractivity contribution in [2.24, 2.45) is 5.73 Å². The average molecular weight is 196 g/mol. The maximum atomic E-state index is 9.28. The summed E-state index contributed by atoms with van der Waals surface area (Å²) < 4.78 is 4.77. The molecule has 0 saturated heterocycles. The van der Waals surface area contributed by atoms with Crippen molar-refractivity contribution in [3.8, 4) is 11.5 Å². The van der Waals surface area contributed by atoms with Crippen LogP contribution in [0.4, 0.5) is 0 Å². The zero-order chi connectivity index (χ0) is 9.97. The summed E-state index contributed by atoms with van der Waals surface area (Å²) in [6, 6.07) is 0. The van der Waals surface area contributed by atoms with Gasteiger partial charge in [0.15, 0.2) is 5.69 Å². The van der Waals surface area contributed by atoms with Crippen molar-refractivity contribution in [1.82, 2.24) is 25.6 Å². The number of hydrogen-bond acceptors (Lipinski definition) is 7. The first kappa shape index (κ1) is 8.78. The van der Waals surface area contributed by atoms with Crippen LogP contribution in [0.25, 0.3) is 11.5 Å². The Bertz CT molecular complexity index is 396. The van der Waals surface area contributed by atoms with Gasteiger partial charge in [0.1, 0.15) is 6.10 Å². The van der Waals surface area contributed by atoms with Crippen molar-refractivity contribution in [1.29, 1.82) is 0 Å². The molecule has 0 aliphatic heterocycles. The summed E-state index contributed by atoms with van der Waals surface area (Å²) in [6.07, 6.45) is 0.506. The van der Waals surface area contributed by atoms with E-state index in [0.29, 0.717) is 5.69 Å². The lowest BCUT2D eigenvalue weighted by molar-refractivity contribution is 0.141. The van der Waals surface area contributed by atoms with Gasteiger partial charge in [0.2, 0.25) is 5.82 Å². The quantitative estimate of drug-likeness (QED) is 0.565. The fraction of sp³-hybridized carbons (Fsp3) is 0.333. The van der Waals surface area contributed by atoms with E-state index in [1.54, 1.807) is 0 Å². The van der Waals surface area contributed by atoms with Crippen molar-refractivity contribution < 1.29 is 9.63 Å². The molecular weight excluding hydrogens is 188 g/mol. The molecule has 8 heteroatoms. The van der Waals surface area contributed by atoms with Crippen molar-refractivity contribution in [2.45, 2.75) is 6.10 Å². The molecule has 2 aromatic rings. The zero-order valence-electron chi connectivity index (χ0n) is 7.08. The highest BCUT2D eigenvalue weighted by atomic mass is 16.5. The Labute approximate surface area is 78.1 Å². The van der Waals surface area contributed by atoms with Gasteiger partial charge in [0.25, 0.3) is 5.89 Å². The molecule has 0 aromatic carbocycles. The van der Waals surface area contributed by atoms with Crippen LogP contribution in [0.3, 0.4) is 0 Å². The highest BCUT2D eigenvalue weighted by Gasteiger charge is 2.16. The summed E-state index contributed by atoms with van der Waals surface area (Å²) in [7, 11) is 0. The number of aromatic amines is 1. The third-order valence-corrected chi connectivity index (χ3v) is 1.59. The van der Waals surface area contributed by atoms with Gasteiger partial charge in [-0.15, -0.1) is 0 Å². The molecule has 0 spiro atoms. The molecule has 4 N–H and O–H groups in total. The summed E-state index contributed by atoms with van der Waals surface area (Å²) >= 11 is 0. The fourth-order valence-corrected chi connectivity index (χ4v) is 0.885. The first-order valence-electron chi connectivity index (χ1n) is 3.89. The minimum Gasteiger partial charge on any atom is -0.382 e. The van der Waals surface area contributed by atoms with E-state index in [4.69, 9.17) is 10.3 Å². The van der Waals surface area contributed by atoms with E-state index in [1.165, 1.54) is 6.20 Å². The van der Waals surface area contributed by atoms with Crippen LogP contribution in [0.5, 0.6) is 0 Å². The molecule has 0 amide bonds. The highest BCUT2D eigenvalue weighted by molar-refractivity contribution is 5.44. The molecule has 14 heavy (non-hydrogen) atoms. The van der Waals surface area contributed by atoms with Crippen molar-refractivity contribution in [2.75, 3.05) is 6.54 Å². The van der Waals surface area contributed by atoms with Gasteiger partial charge < -0.3 is 15.4 Å². The van der Waals surface area contributed by atoms with Crippen LogP contribution in [-0.4, -0.2) is 37.2 Å². The number of nitrogens with two attached hydrogens (primary N) is 1. The van der Waals surface area contributed by atoms with E-state index >= 15 is 0 Å². The van der Waals surface area contributed by atoms with Gasteiger partial charge in [-0.1, -0.05) is 5.16 Å². The van der Waals surface area contributed by atoms with E-state index in [2.05, 4.69) is 25.6 Å². The number of hydrogen-bond donors (Lipinski definition) is 3. The van der Waals surface area contributed by atoms with Crippen LogP contribution in [0, 0.1) is 0 Å². The Morgan fingerprint density at radius 2 is 2.50 bits per heavy atom. The van der Waals surface area contributed by atoms with Gasteiger partial charge in [0.05, 0.1) is 6.20 Å². The van der Waals surface area contributed by atoms with Gasteiger partial charge >= 0.3 is 0 Å². The number of nitrogens with zero attached hydrogens (tertiary/aromatic N) is 4. The molecule has 2 rings (SSSR count). The second-order valence-electron chi connectivity index (χ2n) is 2.56. The van der Waals surface area contributed by atoms with Gasteiger partial charge in [-0.25, -0.2) is 0 Å². The lowest BCUT2D eigenvalue weighted by Gasteiger charge is -1.97. The van der Waals surface area contributed by atoms with E-state index < -0.39 is 6.10 Å². The van der Waals surface area contributed by atoms with Gasteiger partial charge in [-0.05, 0) is 0 Å². The standard InChI is InChI=1S/C6H8N6O2/c7-1-4(13)6-9-5(11-14-6)3-2-8-12-10-3/h2,4,13H,1,7H2,(H,8,10,12). The largest absolute Gasteiger partial charge is 0.382 e. The summed E-state index contributed by atoms with van der Waals surface area (Å²) in [6.45, 7) is 0.0282. The summed E-state index contributed by atoms with van der Waals surface area (Å²) in [5.41, 5.74) is 5.67. The molecule has 8 nitrogen and oxygen atoms in total. The predicted molar refractivity (Wildman–Crippen MR) is 43.7 cm³/mol. The second-order valence-corrected chi connectivity index (χ2v) is 2.56. The first-order chi connectivity index (χ1) is 6.81. The lowest BCUT2D eigenvalue weighted by Crippen LogP contribution is -2.11. The third kappa shape index (κ3) is 1.47. The maximum Gasteiger partial charge on any atom is 0.257 e. The topological polar surface area (TPSA) is 127 Å². The van der Waals surface area contributed by atoms with E-state index in [-0.39, 0.29) is 18.3 Å². The molecule has 0 bridgehead atoms. The van der Waals surface area contributed by atoms with Crippen molar-refractivity contribution >= 4 is 0 Å². The molecular formula is C6H8N6O2. The smallest absolute Gasteiger partial charge is 0.257 e. The molecule has 2 heterocycles. The Morgan fingerprint density at radius 1 is 1.64 bits per heavy atom. The minimum atomic E-state index is -0.942. The normalized spacial score (nSPS) is 13.0. The number of H-pyrrole nitrogens is 1. The molecule has 1 atom stereocenters. The molecule has 0 saturated carbocycles. The number of rotatable bonds is 3. The van der Waals surface area contributed by atoms with Crippen LogP contribution in [-0.2, 0) is 0 Å². The van der Waals surface area contributed by atoms with Crippen LogP contribution < -0.4 is 5.73 Å². The third-order valence-electron chi connectivity index (χ3n) is 1.59. The SMILES string of the molecule is NCC(O)c1nc(-c2cn[nH]n2)no1. The summed E-state index contributed by atoms with van der Waals surface area (Å²) in [5, 5.41) is 22.6. The van der Waals surface area contributed by atoms with Crippen LogP contribution >= 0.6 is 0 Å². The van der Waals surface area contributed by atoms with Crippen LogP contribution in [0.1, 0.15) is 12.0 Å². The molecule has 1 unspecified atom stereocenters. The van der Waals surface area contributed by atoms with Crippen molar-refractivity contribution in [3.63, 3.8) is 0 Å². The van der Waals surface area contributed by atoms with E-state index in [0.717, 1.165) is 0 Å². The summed E-state index contributed by atoms with van der Waals surface area (Å²) in [5.74, 6) is 0.340. The molecule has 0 aliphatic carbocycles. The number of aliphatic hydroxyl groups is 1. The Kier molecular flexibility index (Phi) is 2.21. The van der Waals surface area contributed by atoms with Crippen LogP contribution in [0.15, 0.2) is 10.7 Å². The average Bonchev–Trinajstić information content (AvgIpc) is 2.86. The molecule has 0 aliphatic rings. The molecule has 2 aromatic heterocycles. The Hall–Kier alpha value is -1.80. The predicted octanol–water partition coefficient (Wildman–Crippen LogP) is -1.15. The fourth-order valence-electron chi connectivity index (χ4n) is 0.885. The van der Waals surface area contributed by atoms with Gasteiger partial charge in [0, 0.05) is 6.54 Å². The number of aromatic nitrogens is 5. The van der Waals surface area contributed by atoms with Crippen molar-refractivity contribution in [3.05, 3.63) is 12.1 Å². The van der Waals surface area contributed by atoms with Gasteiger partial charge in [-0.3, -0.25) is 0 Å². The van der Waals surface area contributed by atoms with E-state index in [1.807, 2.05) is 0 Å². The number of aliphatic hydroxyl groups excluding tert-OH is 1. The second kappa shape index (κ2) is 3.52.